The Morgan fingerprint density at radius 1 is 1.47 bits per heavy atom. The van der Waals surface area contributed by atoms with Crippen LogP contribution in [0.5, 0.6) is 0 Å². The summed E-state index contributed by atoms with van der Waals surface area (Å²) < 4.78 is 10.9. The third-order valence-corrected chi connectivity index (χ3v) is 2.65. The standard InChI is InChI=1S/C10H8BrNO3/c11-8-2-1-6(5-15-10(12)13)7-3-4-14-9(7)8/h1-4H,5H2,(H2,12,13). The van der Waals surface area contributed by atoms with Crippen molar-refractivity contribution >= 4 is 33.0 Å². The van der Waals surface area contributed by atoms with Crippen LogP contribution in [0.3, 0.4) is 0 Å². The van der Waals surface area contributed by atoms with Gasteiger partial charge in [-0.3, -0.25) is 0 Å². The number of fused-ring (bicyclic) bond motifs is 1. The van der Waals surface area contributed by atoms with Crippen molar-refractivity contribution in [3.63, 3.8) is 0 Å². The van der Waals surface area contributed by atoms with Gasteiger partial charge in [0.2, 0.25) is 0 Å². The summed E-state index contributed by atoms with van der Waals surface area (Å²) >= 11 is 3.36. The zero-order chi connectivity index (χ0) is 10.8. The smallest absolute Gasteiger partial charge is 0.404 e. The van der Waals surface area contributed by atoms with Gasteiger partial charge < -0.3 is 14.9 Å². The minimum Gasteiger partial charge on any atom is -0.463 e. The summed E-state index contributed by atoms with van der Waals surface area (Å²) in [5, 5.41) is 0.908. The molecule has 0 saturated heterocycles. The van der Waals surface area contributed by atoms with E-state index in [1.54, 1.807) is 6.26 Å². The highest BCUT2D eigenvalue weighted by atomic mass is 79.9. The number of rotatable bonds is 2. The van der Waals surface area contributed by atoms with E-state index in [-0.39, 0.29) is 6.61 Å². The number of primary amides is 1. The topological polar surface area (TPSA) is 65.5 Å². The average molecular weight is 270 g/mol. The number of carbonyl (C=O) groups excluding carboxylic acids is 1. The van der Waals surface area contributed by atoms with E-state index in [9.17, 15) is 4.79 Å². The van der Waals surface area contributed by atoms with E-state index in [1.807, 2.05) is 18.2 Å². The maximum absolute atomic E-state index is 10.5. The van der Waals surface area contributed by atoms with E-state index in [0.717, 1.165) is 21.0 Å². The fourth-order valence-corrected chi connectivity index (χ4v) is 1.80. The van der Waals surface area contributed by atoms with Gasteiger partial charge in [0.1, 0.15) is 12.2 Å². The quantitative estimate of drug-likeness (QED) is 0.912. The molecular weight excluding hydrogens is 262 g/mol. The Morgan fingerprint density at radius 3 is 3.00 bits per heavy atom. The predicted octanol–water partition coefficient (Wildman–Crippen LogP) is 2.79. The van der Waals surface area contributed by atoms with Crippen molar-refractivity contribution in [2.24, 2.45) is 5.73 Å². The molecule has 0 atom stereocenters. The summed E-state index contributed by atoms with van der Waals surface area (Å²) in [6.07, 6.45) is 0.804. The second kappa shape index (κ2) is 3.94. The number of hydrogen-bond donors (Lipinski definition) is 1. The van der Waals surface area contributed by atoms with Crippen LogP contribution < -0.4 is 5.73 Å². The lowest BCUT2D eigenvalue weighted by molar-refractivity contribution is 0.150. The second-order valence-corrected chi connectivity index (χ2v) is 3.83. The van der Waals surface area contributed by atoms with E-state index < -0.39 is 6.09 Å². The van der Waals surface area contributed by atoms with Crippen molar-refractivity contribution < 1.29 is 13.9 Å². The van der Waals surface area contributed by atoms with E-state index in [0.29, 0.717) is 0 Å². The molecule has 0 aliphatic heterocycles. The van der Waals surface area contributed by atoms with E-state index in [1.165, 1.54) is 0 Å². The maximum Gasteiger partial charge on any atom is 0.404 e. The number of benzene rings is 1. The Morgan fingerprint density at radius 2 is 2.27 bits per heavy atom. The van der Waals surface area contributed by atoms with Gasteiger partial charge in [-0.05, 0) is 28.1 Å². The Balaban J connectivity index is 2.39. The molecule has 2 rings (SSSR count). The zero-order valence-electron chi connectivity index (χ0n) is 7.70. The molecule has 0 fully saturated rings. The van der Waals surface area contributed by atoms with Gasteiger partial charge in [0.15, 0.2) is 0 Å². The normalized spacial score (nSPS) is 10.5. The summed E-state index contributed by atoms with van der Waals surface area (Å²) in [4.78, 5) is 10.5. The first-order valence-corrected chi connectivity index (χ1v) is 5.04. The van der Waals surface area contributed by atoms with Gasteiger partial charge in [-0.2, -0.15) is 0 Å². The summed E-state index contributed by atoms with van der Waals surface area (Å²) in [6, 6.07) is 5.51. The minimum atomic E-state index is -0.783. The number of carbonyl (C=O) groups is 1. The molecule has 2 N–H and O–H groups in total. The van der Waals surface area contributed by atoms with Crippen LogP contribution in [-0.2, 0) is 11.3 Å². The van der Waals surface area contributed by atoms with Crippen molar-refractivity contribution in [3.05, 3.63) is 34.5 Å². The number of nitrogens with two attached hydrogens (primary N) is 1. The van der Waals surface area contributed by atoms with Crippen LogP contribution in [0.1, 0.15) is 5.56 Å². The Labute approximate surface area is 94.1 Å². The third-order valence-electron chi connectivity index (χ3n) is 2.03. The molecule has 0 unspecified atom stereocenters. The molecule has 0 saturated carbocycles. The van der Waals surface area contributed by atoms with Gasteiger partial charge in [0, 0.05) is 10.9 Å². The molecule has 1 amide bonds. The van der Waals surface area contributed by atoms with Gasteiger partial charge >= 0.3 is 6.09 Å². The van der Waals surface area contributed by atoms with E-state index in [2.05, 4.69) is 15.9 Å². The van der Waals surface area contributed by atoms with Crippen molar-refractivity contribution in [1.29, 1.82) is 0 Å². The lowest BCUT2D eigenvalue weighted by Gasteiger charge is -2.03. The van der Waals surface area contributed by atoms with Crippen molar-refractivity contribution in [2.45, 2.75) is 6.61 Å². The molecule has 1 aromatic carbocycles. The highest BCUT2D eigenvalue weighted by Gasteiger charge is 2.08. The van der Waals surface area contributed by atoms with E-state index >= 15 is 0 Å². The lowest BCUT2D eigenvalue weighted by atomic mass is 10.1. The summed E-state index contributed by atoms with van der Waals surface area (Å²) in [6.45, 7) is 0.151. The number of ether oxygens (including phenoxy) is 1. The zero-order valence-corrected chi connectivity index (χ0v) is 9.28. The Bertz CT molecular complexity index is 506. The fraction of sp³-hybridized carbons (Fsp3) is 0.100. The predicted molar refractivity (Wildman–Crippen MR) is 58.3 cm³/mol. The number of halogens is 1. The van der Waals surface area contributed by atoms with Gasteiger partial charge in [0.05, 0.1) is 10.7 Å². The van der Waals surface area contributed by atoms with Crippen molar-refractivity contribution in [1.82, 2.24) is 0 Å². The first-order chi connectivity index (χ1) is 7.18. The van der Waals surface area contributed by atoms with Crippen LogP contribution >= 0.6 is 15.9 Å². The summed E-state index contributed by atoms with van der Waals surface area (Å²) in [5.74, 6) is 0. The average Bonchev–Trinajstić information content (AvgIpc) is 2.66. The number of hydrogen-bond acceptors (Lipinski definition) is 3. The molecule has 1 heterocycles. The second-order valence-electron chi connectivity index (χ2n) is 2.98. The molecule has 2 aromatic rings. The Kier molecular flexibility index (Phi) is 2.64. The van der Waals surface area contributed by atoms with Crippen LogP contribution in [0.2, 0.25) is 0 Å². The molecule has 78 valence electrons. The maximum atomic E-state index is 10.5. The molecule has 0 aliphatic rings. The molecule has 1 aromatic heterocycles. The molecule has 0 bridgehead atoms. The molecule has 5 heteroatoms. The minimum absolute atomic E-state index is 0.151. The SMILES string of the molecule is NC(=O)OCc1ccc(Br)c2occc12. The molecular formula is C10H8BrNO3. The number of furan rings is 1. The van der Waals surface area contributed by atoms with Gasteiger partial charge in [-0.25, -0.2) is 4.79 Å². The van der Waals surface area contributed by atoms with Gasteiger partial charge in [0.25, 0.3) is 0 Å². The highest BCUT2D eigenvalue weighted by molar-refractivity contribution is 9.10. The molecule has 0 radical (unpaired) electrons. The molecule has 4 nitrogen and oxygen atoms in total. The van der Waals surface area contributed by atoms with Crippen molar-refractivity contribution in [3.8, 4) is 0 Å². The van der Waals surface area contributed by atoms with Crippen molar-refractivity contribution in [2.75, 3.05) is 0 Å². The summed E-state index contributed by atoms with van der Waals surface area (Å²) in [5.41, 5.74) is 6.49. The van der Waals surface area contributed by atoms with Crippen LogP contribution in [0, 0.1) is 0 Å². The largest absolute Gasteiger partial charge is 0.463 e. The van der Waals surface area contributed by atoms with E-state index in [4.69, 9.17) is 14.9 Å². The third kappa shape index (κ3) is 1.97. The fourth-order valence-electron chi connectivity index (χ4n) is 1.36. The van der Waals surface area contributed by atoms with Crippen LogP contribution in [0.4, 0.5) is 4.79 Å². The lowest BCUT2D eigenvalue weighted by Crippen LogP contribution is -2.12. The molecule has 15 heavy (non-hydrogen) atoms. The molecule has 0 aliphatic carbocycles. The first-order valence-electron chi connectivity index (χ1n) is 4.25. The first kappa shape index (κ1) is 10.0. The molecule has 0 spiro atoms. The highest BCUT2D eigenvalue weighted by Crippen LogP contribution is 2.28. The van der Waals surface area contributed by atoms with Gasteiger partial charge in [-0.15, -0.1) is 0 Å². The number of amides is 1. The van der Waals surface area contributed by atoms with Crippen LogP contribution in [-0.4, -0.2) is 6.09 Å². The van der Waals surface area contributed by atoms with Gasteiger partial charge in [-0.1, -0.05) is 6.07 Å². The van der Waals surface area contributed by atoms with Crippen LogP contribution in [0.15, 0.2) is 33.4 Å². The van der Waals surface area contributed by atoms with Crippen LogP contribution in [0.25, 0.3) is 11.0 Å². The monoisotopic (exact) mass is 269 g/mol. The summed E-state index contributed by atoms with van der Waals surface area (Å²) in [7, 11) is 0. The Hall–Kier alpha value is -1.49.